The number of nitrogens with two attached hydrogens (primary N) is 1. The Bertz CT molecular complexity index is 393. The molecule has 0 unspecified atom stereocenters. The highest BCUT2D eigenvalue weighted by molar-refractivity contribution is 14.1. The van der Waals surface area contributed by atoms with Gasteiger partial charge in [0, 0.05) is 6.07 Å². The predicted octanol–water partition coefficient (Wildman–Crippen LogP) is 1.95. The van der Waals surface area contributed by atoms with Crippen LogP contribution in [0.5, 0.6) is 0 Å². The van der Waals surface area contributed by atoms with Gasteiger partial charge in [-0.25, -0.2) is 4.39 Å². The van der Waals surface area contributed by atoms with E-state index in [0.717, 1.165) is 12.8 Å². The Labute approximate surface area is 101 Å². The van der Waals surface area contributed by atoms with Crippen molar-refractivity contribution in [1.82, 2.24) is 0 Å². The third kappa shape index (κ3) is 2.17. The number of nitrogen functional groups attached to an aromatic ring is 1. The fourth-order valence-electron chi connectivity index (χ4n) is 1.43. The van der Waals surface area contributed by atoms with Crippen LogP contribution < -0.4 is 11.1 Å². The van der Waals surface area contributed by atoms with Gasteiger partial charge in [-0.2, -0.15) is 0 Å². The summed E-state index contributed by atoms with van der Waals surface area (Å²) in [5.41, 5.74) is 6.58. The second kappa shape index (κ2) is 3.79. The molecule has 0 aliphatic heterocycles. The summed E-state index contributed by atoms with van der Waals surface area (Å²) in [5.74, 6) is -0.291. The molecule has 15 heavy (non-hydrogen) atoms. The molecule has 0 spiro atoms. The minimum atomic E-state index is -0.291. The topological polar surface area (TPSA) is 58.3 Å². The van der Waals surface area contributed by atoms with Gasteiger partial charge in [0.15, 0.2) is 0 Å². The van der Waals surface area contributed by atoms with Crippen LogP contribution in [0.1, 0.15) is 12.8 Å². The van der Waals surface area contributed by atoms with E-state index < -0.39 is 0 Å². The summed E-state index contributed by atoms with van der Waals surface area (Å²) in [6, 6.07) is 2.97. The average Bonchev–Trinajstić information content (AvgIpc) is 2.95. The Morgan fingerprint density at radius 2 is 2.20 bits per heavy atom. The van der Waals surface area contributed by atoms with Gasteiger partial charge in [-0.05, 0) is 41.5 Å². The standard InChI is InChI=1S/C10H12FIN2O/c11-6-3-9(8(13)4-7(6)12)14-10(5-15)1-2-10/h3-4,14-15H,1-2,5,13H2. The molecule has 0 bridgehead atoms. The molecular formula is C10H12FIN2O. The largest absolute Gasteiger partial charge is 0.397 e. The normalized spacial score (nSPS) is 17.5. The van der Waals surface area contributed by atoms with E-state index in [1.807, 2.05) is 22.6 Å². The Kier molecular flexibility index (Phi) is 2.76. The molecule has 0 aromatic heterocycles. The zero-order valence-electron chi connectivity index (χ0n) is 8.06. The summed E-state index contributed by atoms with van der Waals surface area (Å²) in [7, 11) is 0. The van der Waals surface area contributed by atoms with Crippen LogP contribution in [0.25, 0.3) is 0 Å². The van der Waals surface area contributed by atoms with Crippen LogP contribution in [-0.4, -0.2) is 17.3 Å². The van der Waals surface area contributed by atoms with E-state index in [0.29, 0.717) is 14.9 Å². The van der Waals surface area contributed by atoms with E-state index in [2.05, 4.69) is 5.32 Å². The van der Waals surface area contributed by atoms with Gasteiger partial charge in [-0.3, -0.25) is 0 Å². The minimum absolute atomic E-state index is 0.0556. The molecule has 0 saturated heterocycles. The summed E-state index contributed by atoms with van der Waals surface area (Å²) in [5, 5.41) is 12.2. The second-order valence-electron chi connectivity index (χ2n) is 3.92. The van der Waals surface area contributed by atoms with Gasteiger partial charge in [0.05, 0.1) is 27.1 Å². The summed E-state index contributed by atoms with van der Waals surface area (Å²) in [6.07, 6.45) is 1.80. The quantitative estimate of drug-likeness (QED) is 0.589. The van der Waals surface area contributed by atoms with Crippen LogP contribution in [0.4, 0.5) is 15.8 Å². The minimum Gasteiger partial charge on any atom is -0.397 e. The molecule has 1 saturated carbocycles. The van der Waals surface area contributed by atoms with Crippen LogP contribution in [0.15, 0.2) is 12.1 Å². The number of hydrogen-bond donors (Lipinski definition) is 3. The van der Waals surface area contributed by atoms with Gasteiger partial charge >= 0.3 is 0 Å². The third-order valence-electron chi connectivity index (χ3n) is 2.65. The van der Waals surface area contributed by atoms with Crippen molar-refractivity contribution >= 4 is 34.0 Å². The molecule has 5 heteroatoms. The van der Waals surface area contributed by atoms with Crippen LogP contribution in [0.3, 0.4) is 0 Å². The Balaban J connectivity index is 2.25. The maximum Gasteiger partial charge on any atom is 0.138 e. The average molecular weight is 322 g/mol. The van der Waals surface area contributed by atoms with Crippen molar-refractivity contribution in [3.63, 3.8) is 0 Å². The first-order valence-electron chi connectivity index (χ1n) is 4.70. The first kappa shape index (κ1) is 10.9. The van der Waals surface area contributed by atoms with E-state index in [1.54, 1.807) is 6.07 Å². The van der Waals surface area contributed by atoms with E-state index in [1.165, 1.54) is 6.07 Å². The first-order chi connectivity index (χ1) is 7.06. The molecule has 0 atom stereocenters. The molecule has 1 fully saturated rings. The lowest BCUT2D eigenvalue weighted by Gasteiger charge is -2.17. The summed E-state index contributed by atoms with van der Waals surface area (Å²) < 4.78 is 13.8. The van der Waals surface area contributed by atoms with Crippen molar-refractivity contribution in [2.75, 3.05) is 17.7 Å². The number of benzene rings is 1. The van der Waals surface area contributed by atoms with Crippen molar-refractivity contribution in [3.8, 4) is 0 Å². The third-order valence-corrected chi connectivity index (χ3v) is 3.48. The summed E-state index contributed by atoms with van der Waals surface area (Å²) >= 11 is 1.90. The molecule has 0 amide bonds. The SMILES string of the molecule is Nc1cc(I)c(F)cc1NC1(CO)CC1. The molecule has 0 radical (unpaired) electrons. The predicted molar refractivity (Wildman–Crippen MR) is 66.2 cm³/mol. The Morgan fingerprint density at radius 3 is 2.73 bits per heavy atom. The Morgan fingerprint density at radius 1 is 1.53 bits per heavy atom. The molecule has 2 rings (SSSR count). The van der Waals surface area contributed by atoms with E-state index in [-0.39, 0.29) is 18.0 Å². The van der Waals surface area contributed by atoms with Gasteiger partial charge < -0.3 is 16.2 Å². The highest BCUT2D eigenvalue weighted by Gasteiger charge is 2.42. The van der Waals surface area contributed by atoms with E-state index in [9.17, 15) is 4.39 Å². The maximum atomic E-state index is 13.3. The zero-order valence-corrected chi connectivity index (χ0v) is 10.2. The summed E-state index contributed by atoms with van der Waals surface area (Å²) in [4.78, 5) is 0. The van der Waals surface area contributed by atoms with Crippen molar-refractivity contribution in [3.05, 3.63) is 21.5 Å². The lowest BCUT2D eigenvalue weighted by Crippen LogP contribution is -2.26. The van der Waals surface area contributed by atoms with Crippen molar-refractivity contribution in [2.24, 2.45) is 0 Å². The Hall–Kier alpha value is -0.560. The molecule has 0 heterocycles. The van der Waals surface area contributed by atoms with Gasteiger partial charge in [0.1, 0.15) is 5.82 Å². The first-order valence-corrected chi connectivity index (χ1v) is 5.78. The highest BCUT2D eigenvalue weighted by Crippen LogP contribution is 2.40. The van der Waals surface area contributed by atoms with Crippen LogP contribution in [0.2, 0.25) is 0 Å². The number of nitrogens with one attached hydrogen (secondary N) is 1. The number of hydrogen-bond acceptors (Lipinski definition) is 3. The molecule has 4 N–H and O–H groups in total. The number of rotatable bonds is 3. The zero-order chi connectivity index (χ0) is 11.1. The number of halogens is 2. The monoisotopic (exact) mass is 322 g/mol. The van der Waals surface area contributed by atoms with E-state index >= 15 is 0 Å². The number of aliphatic hydroxyl groups excluding tert-OH is 1. The molecular weight excluding hydrogens is 310 g/mol. The number of anilines is 2. The van der Waals surface area contributed by atoms with Crippen molar-refractivity contribution in [2.45, 2.75) is 18.4 Å². The van der Waals surface area contributed by atoms with Gasteiger partial charge in [0.2, 0.25) is 0 Å². The summed E-state index contributed by atoms with van der Waals surface area (Å²) in [6.45, 7) is 0.0556. The lowest BCUT2D eigenvalue weighted by atomic mass is 10.2. The molecule has 1 aromatic carbocycles. The van der Waals surface area contributed by atoms with Crippen molar-refractivity contribution in [1.29, 1.82) is 0 Å². The van der Waals surface area contributed by atoms with Gasteiger partial charge in [0.25, 0.3) is 0 Å². The maximum absolute atomic E-state index is 13.3. The molecule has 82 valence electrons. The fraction of sp³-hybridized carbons (Fsp3) is 0.400. The molecule has 1 aliphatic rings. The van der Waals surface area contributed by atoms with Crippen molar-refractivity contribution < 1.29 is 9.50 Å². The van der Waals surface area contributed by atoms with Crippen LogP contribution in [-0.2, 0) is 0 Å². The van der Waals surface area contributed by atoms with E-state index in [4.69, 9.17) is 10.8 Å². The van der Waals surface area contributed by atoms with Crippen LogP contribution >= 0.6 is 22.6 Å². The van der Waals surface area contributed by atoms with Gasteiger partial charge in [-0.1, -0.05) is 0 Å². The molecule has 1 aliphatic carbocycles. The molecule has 3 nitrogen and oxygen atoms in total. The number of aliphatic hydroxyl groups is 1. The lowest BCUT2D eigenvalue weighted by molar-refractivity contribution is 0.266. The second-order valence-corrected chi connectivity index (χ2v) is 5.08. The van der Waals surface area contributed by atoms with Gasteiger partial charge in [-0.15, -0.1) is 0 Å². The molecule has 1 aromatic rings. The highest BCUT2D eigenvalue weighted by atomic mass is 127. The van der Waals surface area contributed by atoms with Crippen LogP contribution in [0, 0.1) is 9.39 Å². The fourth-order valence-corrected chi connectivity index (χ4v) is 1.92. The smallest absolute Gasteiger partial charge is 0.138 e.